The fourth-order valence-electron chi connectivity index (χ4n) is 1.72. The summed E-state index contributed by atoms with van der Waals surface area (Å²) in [5.41, 5.74) is 7.35. The van der Waals surface area contributed by atoms with E-state index in [0.29, 0.717) is 6.42 Å². The van der Waals surface area contributed by atoms with E-state index >= 15 is 0 Å². The van der Waals surface area contributed by atoms with Crippen molar-refractivity contribution in [2.45, 2.75) is 25.8 Å². The van der Waals surface area contributed by atoms with E-state index in [1.165, 1.54) is 0 Å². The van der Waals surface area contributed by atoms with Crippen LogP contribution in [0, 0.1) is 0 Å². The molecule has 1 aromatic heterocycles. The minimum absolute atomic E-state index is 0. The van der Waals surface area contributed by atoms with Gasteiger partial charge in [0.25, 0.3) is 0 Å². The minimum Gasteiger partial charge on any atom is -0.325 e. The lowest BCUT2D eigenvalue weighted by Gasteiger charge is -2.11. The summed E-state index contributed by atoms with van der Waals surface area (Å²) in [6, 6.07) is 6.88. The van der Waals surface area contributed by atoms with Crippen LogP contribution in [0.25, 0.3) is 5.69 Å². The zero-order valence-corrected chi connectivity index (χ0v) is 12.0. The molecule has 0 spiro atoms. The maximum Gasteiger partial charge on any atom is 0.241 e. The summed E-state index contributed by atoms with van der Waals surface area (Å²) in [6.45, 7) is 2.00. The van der Waals surface area contributed by atoms with Gasteiger partial charge >= 0.3 is 0 Å². The Morgan fingerprint density at radius 2 is 2.10 bits per heavy atom. The number of hydrogen-bond donors (Lipinski definition) is 2. The predicted octanol–water partition coefficient (Wildman–Crippen LogP) is 1.75. The lowest BCUT2D eigenvalue weighted by Crippen LogP contribution is -2.35. The average molecular weight is 296 g/mol. The minimum atomic E-state index is -0.458. The lowest BCUT2D eigenvalue weighted by molar-refractivity contribution is -0.117. The molecule has 3 N–H and O–H groups in total. The van der Waals surface area contributed by atoms with Crippen molar-refractivity contribution in [1.82, 2.24) is 15.0 Å². The highest BCUT2D eigenvalue weighted by Gasteiger charge is 2.12. The van der Waals surface area contributed by atoms with Crippen molar-refractivity contribution in [3.05, 3.63) is 36.7 Å². The van der Waals surface area contributed by atoms with E-state index in [9.17, 15) is 4.79 Å². The average Bonchev–Trinajstić information content (AvgIpc) is 2.94. The quantitative estimate of drug-likeness (QED) is 0.880. The van der Waals surface area contributed by atoms with E-state index in [2.05, 4.69) is 15.6 Å². The SMILES string of the molecule is CCCC(N)C(=O)Nc1ccc(-n2ccnn2)cc1.Cl. The molecule has 0 aliphatic carbocycles. The number of amides is 1. The van der Waals surface area contributed by atoms with Crippen molar-refractivity contribution in [2.24, 2.45) is 5.73 Å². The highest BCUT2D eigenvalue weighted by molar-refractivity contribution is 5.94. The maximum absolute atomic E-state index is 11.8. The van der Waals surface area contributed by atoms with Gasteiger partial charge in [-0.1, -0.05) is 18.6 Å². The Morgan fingerprint density at radius 1 is 1.40 bits per heavy atom. The highest BCUT2D eigenvalue weighted by atomic mass is 35.5. The van der Waals surface area contributed by atoms with Gasteiger partial charge in [0.2, 0.25) is 5.91 Å². The van der Waals surface area contributed by atoms with Crippen molar-refractivity contribution in [3.63, 3.8) is 0 Å². The van der Waals surface area contributed by atoms with Gasteiger partial charge in [-0.05, 0) is 30.7 Å². The maximum atomic E-state index is 11.8. The van der Waals surface area contributed by atoms with Gasteiger partial charge in [0.05, 0.1) is 24.1 Å². The smallest absolute Gasteiger partial charge is 0.241 e. The summed E-state index contributed by atoms with van der Waals surface area (Å²) in [4.78, 5) is 11.8. The summed E-state index contributed by atoms with van der Waals surface area (Å²) in [6.07, 6.45) is 4.94. The van der Waals surface area contributed by atoms with Gasteiger partial charge in [0, 0.05) is 5.69 Å². The van der Waals surface area contributed by atoms with Crippen molar-refractivity contribution in [2.75, 3.05) is 5.32 Å². The van der Waals surface area contributed by atoms with Gasteiger partial charge in [0.15, 0.2) is 0 Å². The molecule has 2 rings (SSSR count). The fraction of sp³-hybridized carbons (Fsp3) is 0.308. The number of nitrogens with zero attached hydrogens (tertiary/aromatic N) is 3. The largest absolute Gasteiger partial charge is 0.325 e. The second-order valence-electron chi connectivity index (χ2n) is 4.28. The van der Waals surface area contributed by atoms with Crippen molar-refractivity contribution < 1.29 is 4.79 Å². The van der Waals surface area contributed by atoms with Crippen LogP contribution < -0.4 is 11.1 Å². The standard InChI is InChI=1S/C13H17N5O.ClH/c1-2-3-12(14)13(19)16-10-4-6-11(7-5-10)18-9-8-15-17-18;/h4-9,12H,2-3,14H2,1H3,(H,16,19);1H. The molecule has 0 saturated heterocycles. The molecule has 0 radical (unpaired) electrons. The van der Waals surface area contributed by atoms with E-state index in [0.717, 1.165) is 17.8 Å². The summed E-state index contributed by atoms with van der Waals surface area (Å²) < 4.78 is 1.65. The molecule has 0 aliphatic rings. The number of carbonyl (C=O) groups is 1. The molecule has 1 unspecified atom stereocenters. The highest BCUT2D eigenvalue weighted by Crippen LogP contribution is 2.12. The summed E-state index contributed by atoms with van der Waals surface area (Å²) >= 11 is 0. The van der Waals surface area contributed by atoms with Gasteiger partial charge in [-0.2, -0.15) is 0 Å². The van der Waals surface area contributed by atoms with Gasteiger partial charge < -0.3 is 11.1 Å². The normalized spacial score (nSPS) is 11.5. The molecule has 1 aromatic carbocycles. The predicted molar refractivity (Wildman–Crippen MR) is 80.1 cm³/mol. The van der Waals surface area contributed by atoms with Crippen LogP contribution in [0.2, 0.25) is 0 Å². The third-order valence-corrected chi connectivity index (χ3v) is 2.76. The van der Waals surface area contributed by atoms with Crippen molar-refractivity contribution in [3.8, 4) is 5.69 Å². The molecule has 0 fully saturated rings. The molecule has 0 saturated carbocycles. The molecule has 1 atom stereocenters. The Morgan fingerprint density at radius 3 is 2.65 bits per heavy atom. The first kappa shape index (κ1) is 16.1. The Kier molecular flexibility index (Phi) is 6.14. The molecular weight excluding hydrogens is 278 g/mol. The van der Waals surface area contributed by atoms with Crippen LogP contribution in [0.15, 0.2) is 36.7 Å². The monoisotopic (exact) mass is 295 g/mol. The Labute approximate surface area is 123 Å². The van der Waals surface area contributed by atoms with E-state index in [1.54, 1.807) is 17.1 Å². The second kappa shape index (κ2) is 7.62. The summed E-state index contributed by atoms with van der Waals surface area (Å²) in [5.74, 6) is -0.157. The number of benzene rings is 1. The molecule has 6 nitrogen and oxygen atoms in total. The number of aromatic nitrogens is 3. The molecule has 108 valence electrons. The Bertz CT molecular complexity index is 526. The van der Waals surface area contributed by atoms with E-state index in [1.807, 2.05) is 31.2 Å². The number of hydrogen-bond acceptors (Lipinski definition) is 4. The summed E-state index contributed by atoms with van der Waals surface area (Å²) in [7, 11) is 0. The van der Waals surface area contributed by atoms with Crippen molar-refractivity contribution in [1.29, 1.82) is 0 Å². The number of halogens is 1. The molecular formula is C13H18ClN5O. The number of nitrogens with two attached hydrogens (primary N) is 1. The molecule has 0 aliphatic heterocycles. The van der Waals surface area contributed by atoms with Crippen LogP contribution >= 0.6 is 12.4 Å². The van der Waals surface area contributed by atoms with Crippen LogP contribution in [-0.4, -0.2) is 26.9 Å². The lowest BCUT2D eigenvalue weighted by atomic mass is 10.1. The van der Waals surface area contributed by atoms with Gasteiger partial charge in [-0.15, -0.1) is 17.5 Å². The van der Waals surface area contributed by atoms with Crippen molar-refractivity contribution >= 4 is 24.0 Å². The van der Waals surface area contributed by atoms with Crippen LogP contribution in [0.3, 0.4) is 0 Å². The van der Waals surface area contributed by atoms with Crippen LogP contribution in [0.5, 0.6) is 0 Å². The zero-order chi connectivity index (χ0) is 13.7. The first-order chi connectivity index (χ1) is 9.20. The molecule has 2 aromatic rings. The molecule has 20 heavy (non-hydrogen) atoms. The fourth-order valence-corrected chi connectivity index (χ4v) is 1.72. The van der Waals surface area contributed by atoms with E-state index in [-0.39, 0.29) is 18.3 Å². The molecule has 0 bridgehead atoms. The van der Waals surface area contributed by atoms with Crippen LogP contribution in [0.1, 0.15) is 19.8 Å². The van der Waals surface area contributed by atoms with Gasteiger partial charge in [-0.25, -0.2) is 4.68 Å². The Hall–Kier alpha value is -1.92. The topological polar surface area (TPSA) is 85.8 Å². The second-order valence-corrected chi connectivity index (χ2v) is 4.28. The number of anilines is 1. The van der Waals surface area contributed by atoms with E-state index in [4.69, 9.17) is 5.73 Å². The molecule has 1 heterocycles. The number of carbonyl (C=O) groups excluding carboxylic acids is 1. The Balaban J connectivity index is 0.00000200. The molecule has 7 heteroatoms. The third-order valence-electron chi connectivity index (χ3n) is 2.76. The van der Waals surface area contributed by atoms with E-state index < -0.39 is 6.04 Å². The molecule has 1 amide bonds. The number of nitrogens with one attached hydrogen (secondary N) is 1. The first-order valence-corrected chi connectivity index (χ1v) is 6.24. The zero-order valence-electron chi connectivity index (χ0n) is 11.2. The van der Waals surface area contributed by atoms with Gasteiger partial charge in [-0.3, -0.25) is 4.79 Å². The van der Waals surface area contributed by atoms with Crippen LogP contribution in [0.4, 0.5) is 5.69 Å². The van der Waals surface area contributed by atoms with Crippen LogP contribution in [-0.2, 0) is 4.79 Å². The summed E-state index contributed by atoms with van der Waals surface area (Å²) in [5, 5.41) is 10.4. The van der Waals surface area contributed by atoms with Gasteiger partial charge in [0.1, 0.15) is 0 Å². The first-order valence-electron chi connectivity index (χ1n) is 6.24. The third kappa shape index (κ3) is 4.04. The number of rotatable bonds is 5.